The van der Waals surface area contributed by atoms with Gasteiger partial charge in [0, 0.05) is 6.42 Å². The van der Waals surface area contributed by atoms with Gasteiger partial charge in [0.25, 0.3) is 5.91 Å². The fraction of sp³-hybridized carbons (Fsp3) is 0.167. The zero-order valence-electron chi connectivity index (χ0n) is 21.3. The number of nitrogens with one attached hydrogen (secondary N) is 2. The van der Waals surface area contributed by atoms with E-state index in [1.165, 1.54) is 31.4 Å². The Bertz CT molecular complexity index is 1530. The summed E-state index contributed by atoms with van der Waals surface area (Å²) in [6, 6.07) is 20.5. The zero-order valence-corrected chi connectivity index (χ0v) is 21.3. The number of methoxy groups -OCH3 is 1. The van der Waals surface area contributed by atoms with Crippen molar-refractivity contribution in [1.29, 1.82) is 0 Å². The van der Waals surface area contributed by atoms with Gasteiger partial charge in [0.15, 0.2) is 0 Å². The molecule has 7 nitrogen and oxygen atoms in total. The second-order valence-corrected chi connectivity index (χ2v) is 9.01. The van der Waals surface area contributed by atoms with E-state index in [1.54, 1.807) is 48.5 Å². The molecular formula is C30H25F3N2O5. The van der Waals surface area contributed by atoms with Crippen LogP contribution in [-0.2, 0) is 26.9 Å². The number of fused-ring (bicyclic) bond motifs is 1. The molecule has 3 N–H and O–H groups in total. The van der Waals surface area contributed by atoms with E-state index >= 15 is 0 Å². The Morgan fingerprint density at radius 3 is 2.02 bits per heavy atom. The molecule has 0 saturated heterocycles. The largest absolute Gasteiger partial charge is 0.507 e. The van der Waals surface area contributed by atoms with Gasteiger partial charge in [-0.05, 0) is 51.7 Å². The number of phenols is 1. The molecule has 2 amide bonds. The molecule has 0 aliphatic carbocycles. The van der Waals surface area contributed by atoms with E-state index in [1.807, 2.05) is 0 Å². The summed E-state index contributed by atoms with van der Waals surface area (Å²) in [7, 11) is 1.18. The Kier molecular flexibility index (Phi) is 8.37. The highest BCUT2D eigenvalue weighted by molar-refractivity contribution is 6.03. The second kappa shape index (κ2) is 11.9. The number of carbonyl (C=O) groups excluding carboxylic acids is 3. The van der Waals surface area contributed by atoms with Crippen LogP contribution in [0.15, 0.2) is 84.9 Å². The number of rotatable bonds is 8. The van der Waals surface area contributed by atoms with Crippen molar-refractivity contribution in [3.8, 4) is 16.9 Å². The molecule has 0 heterocycles. The molecule has 1 atom stereocenters. The molecule has 0 spiro atoms. The topological polar surface area (TPSA) is 105 Å². The van der Waals surface area contributed by atoms with Crippen LogP contribution in [0.3, 0.4) is 0 Å². The van der Waals surface area contributed by atoms with Gasteiger partial charge >= 0.3 is 12.1 Å². The first kappa shape index (κ1) is 28.2. The summed E-state index contributed by atoms with van der Waals surface area (Å²) in [5.74, 6) is -2.27. The summed E-state index contributed by atoms with van der Waals surface area (Å²) in [6.45, 7) is -0.407. The Balaban J connectivity index is 1.54. The van der Waals surface area contributed by atoms with Crippen molar-refractivity contribution in [3.63, 3.8) is 0 Å². The van der Waals surface area contributed by atoms with Crippen LogP contribution >= 0.6 is 0 Å². The maximum absolute atomic E-state index is 13.1. The fourth-order valence-corrected chi connectivity index (χ4v) is 4.13. The monoisotopic (exact) mass is 550 g/mol. The molecule has 1 unspecified atom stereocenters. The highest BCUT2D eigenvalue weighted by Crippen LogP contribution is 2.31. The molecule has 0 radical (unpaired) electrons. The van der Waals surface area contributed by atoms with Crippen LogP contribution in [0, 0.1) is 0 Å². The minimum atomic E-state index is -4.43. The highest BCUT2D eigenvalue weighted by atomic mass is 19.4. The van der Waals surface area contributed by atoms with E-state index in [0.717, 1.165) is 22.9 Å². The Morgan fingerprint density at radius 2 is 1.45 bits per heavy atom. The second-order valence-electron chi connectivity index (χ2n) is 9.01. The van der Waals surface area contributed by atoms with E-state index in [2.05, 4.69) is 15.4 Å². The molecule has 40 heavy (non-hydrogen) atoms. The summed E-state index contributed by atoms with van der Waals surface area (Å²) in [5, 5.41) is 16.9. The summed E-state index contributed by atoms with van der Waals surface area (Å²) >= 11 is 0. The number of alkyl halides is 3. The van der Waals surface area contributed by atoms with Crippen LogP contribution in [0.25, 0.3) is 21.9 Å². The molecule has 10 heteroatoms. The standard InChI is InChI=1S/C30H25F3N2O5/c1-40-27(37)17-34-29(39)25(35-28(38)24-15-21-4-2-3-5-22(21)16-26(24)36)14-18-6-8-19(9-7-18)20-10-12-23(13-11-20)30(31,32)33/h2-13,15-16,25,36H,14,17H2,1H3,(H,34,39)(H,35,38). The number of hydrogen-bond acceptors (Lipinski definition) is 5. The third kappa shape index (κ3) is 6.76. The first-order chi connectivity index (χ1) is 19.0. The van der Waals surface area contributed by atoms with Gasteiger partial charge < -0.3 is 20.5 Å². The molecule has 0 aromatic heterocycles. The van der Waals surface area contributed by atoms with E-state index in [4.69, 9.17) is 0 Å². The Morgan fingerprint density at radius 1 is 0.875 bits per heavy atom. The minimum Gasteiger partial charge on any atom is -0.507 e. The van der Waals surface area contributed by atoms with Gasteiger partial charge in [0.05, 0.1) is 18.2 Å². The number of aromatic hydroxyl groups is 1. The van der Waals surface area contributed by atoms with Crippen molar-refractivity contribution in [1.82, 2.24) is 10.6 Å². The van der Waals surface area contributed by atoms with Gasteiger partial charge in [0.2, 0.25) is 5.91 Å². The summed E-state index contributed by atoms with van der Waals surface area (Å²) in [4.78, 5) is 37.6. The van der Waals surface area contributed by atoms with E-state index in [0.29, 0.717) is 16.7 Å². The smallest absolute Gasteiger partial charge is 0.416 e. The van der Waals surface area contributed by atoms with Crippen LogP contribution in [0.5, 0.6) is 5.75 Å². The van der Waals surface area contributed by atoms with Crippen LogP contribution < -0.4 is 10.6 Å². The Hall–Kier alpha value is -4.86. The summed E-state index contributed by atoms with van der Waals surface area (Å²) in [5.41, 5.74) is 1.10. The lowest BCUT2D eigenvalue weighted by molar-refractivity contribution is -0.141. The highest BCUT2D eigenvalue weighted by Gasteiger charge is 2.30. The minimum absolute atomic E-state index is 0.0258. The van der Waals surface area contributed by atoms with Gasteiger partial charge in [-0.15, -0.1) is 0 Å². The maximum atomic E-state index is 13.1. The van der Waals surface area contributed by atoms with Gasteiger partial charge in [-0.2, -0.15) is 13.2 Å². The average molecular weight is 551 g/mol. The van der Waals surface area contributed by atoms with Crippen LogP contribution in [0.4, 0.5) is 13.2 Å². The number of benzene rings is 4. The predicted molar refractivity (Wildman–Crippen MR) is 142 cm³/mol. The Labute approximate surface area is 227 Å². The summed E-state index contributed by atoms with van der Waals surface area (Å²) in [6.07, 6.45) is -4.40. The lowest BCUT2D eigenvalue weighted by atomic mass is 9.99. The van der Waals surface area contributed by atoms with Crippen LogP contribution in [0.2, 0.25) is 0 Å². The zero-order chi connectivity index (χ0) is 28.9. The third-order valence-corrected chi connectivity index (χ3v) is 6.30. The lowest BCUT2D eigenvalue weighted by Gasteiger charge is -2.19. The number of ether oxygens (including phenoxy) is 1. The number of esters is 1. The molecule has 0 saturated carbocycles. The summed E-state index contributed by atoms with van der Waals surface area (Å²) < 4.78 is 43.2. The molecule has 4 rings (SSSR count). The van der Waals surface area contributed by atoms with E-state index in [9.17, 15) is 32.7 Å². The van der Waals surface area contributed by atoms with Crippen molar-refractivity contribution in [3.05, 3.63) is 102 Å². The van der Waals surface area contributed by atoms with E-state index in [-0.39, 0.29) is 17.7 Å². The van der Waals surface area contributed by atoms with Gasteiger partial charge in [-0.1, -0.05) is 60.7 Å². The van der Waals surface area contributed by atoms with Gasteiger partial charge in [-0.25, -0.2) is 0 Å². The molecular weight excluding hydrogens is 525 g/mol. The molecule has 0 fully saturated rings. The van der Waals surface area contributed by atoms with Gasteiger partial charge in [-0.3, -0.25) is 14.4 Å². The molecule has 0 aliphatic rings. The maximum Gasteiger partial charge on any atom is 0.416 e. The van der Waals surface area contributed by atoms with Crippen molar-refractivity contribution in [2.45, 2.75) is 18.6 Å². The van der Waals surface area contributed by atoms with E-state index < -0.39 is 42.1 Å². The fourth-order valence-electron chi connectivity index (χ4n) is 4.13. The van der Waals surface area contributed by atoms with Crippen LogP contribution in [0.1, 0.15) is 21.5 Å². The molecule has 0 aliphatic heterocycles. The average Bonchev–Trinajstić information content (AvgIpc) is 2.94. The van der Waals surface area contributed by atoms with Crippen molar-refractivity contribution in [2.24, 2.45) is 0 Å². The quantitative estimate of drug-likeness (QED) is 0.272. The molecule has 0 bridgehead atoms. The van der Waals surface area contributed by atoms with Crippen molar-refractivity contribution >= 4 is 28.6 Å². The molecule has 4 aromatic carbocycles. The number of phenolic OH excluding ortho intramolecular Hbond substituents is 1. The number of halogens is 3. The first-order valence-electron chi connectivity index (χ1n) is 12.2. The van der Waals surface area contributed by atoms with Gasteiger partial charge in [0.1, 0.15) is 18.3 Å². The number of hydrogen-bond donors (Lipinski definition) is 3. The SMILES string of the molecule is COC(=O)CNC(=O)C(Cc1ccc(-c2ccc(C(F)(F)F)cc2)cc1)NC(=O)c1cc2ccccc2cc1O. The molecule has 206 valence electrons. The lowest BCUT2D eigenvalue weighted by Crippen LogP contribution is -2.49. The number of amides is 2. The van der Waals surface area contributed by atoms with Crippen molar-refractivity contribution < 1.29 is 37.4 Å². The normalized spacial score (nSPS) is 12.0. The third-order valence-electron chi connectivity index (χ3n) is 6.30. The first-order valence-corrected chi connectivity index (χ1v) is 12.2. The van der Waals surface area contributed by atoms with Crippen molar-refractivity contribution in [2.75, 3.05) is 13.7 Å². The number of carbonyl (C=O) groups is 3. The van der Waals surface area contributed by atoms with Crippen LogP contribution in [-0.4, -0.2) is 42.6 Å². The molecule has 4 aromatic rings. The predicted octanol–water partition coefficient (Wildman–Crippen LogP) is 4.86.